The molecule has 0 radical (unpaired) electrons. The number of aromatic hydroxyl groups is 1. The molecule has 1 saturated heterocycles. The number of para-hydroxylation sites is 1. The number of phenolic OH excluding ortho intramolecular Hbond substituents is 1. The molecule has 2 rings (SSSR count). The van der Waals surface area contributed by atoms with Gasteiger partial charge in [0.25, 0.3) is 0 Å². The maximum Gasteiger partial charge on any atom is 0.220 e. The number of ether oxygens (including phenoxy) is 1. The van der Waals surface area contributed by atoms with Gasteiger partial charge in [-0.1, -0.05) is 12.1 Å². The number of carbonyl (C=O) groups excluding carboxylic acids is 1. The van der Waals surface area contributed by atoms with E-state index in [1.807, 2.05) is 19.1 Å². The topological polar surface area (TPSA) is 70.6 Å². The first-order valence-corrected chi connectivity index (χ1v) is 6.64. The summed E-state index contributed by atoms with van der Waals surface area (Å²) in [5, 5.41) is 16.2. The van der Waals surface area contributed by atoms with Gasteiger partial charge >= 0.3 is 0 Å². The van der Waals surface area contributed by atoms with Crippen LogP contribution in [0.1, 0.15) is 25.3 Å². The molecule has 1 aromatic carbocycles. The Bertz CT molecular complexity index is 438. The summed E-state index contributed by atoms with van der Waals surface area (Å²) in [6, 6.07) is 5.74. The van der Waals surface area contributed by atoms with E-state index < -0.39 is 0 Å². The zero-order valence-corrected chi connectivity index (χ0v) is 11.1. The fourth-order valence-electron chi connectivity index (χ4n) is 2.14. The second-order valence-electron chi connectivity index (χ2n) is 4.62. The number of benzene rings is 1. The van der Waals surface area contributed by atoms with Crippen molar-refractivity contribution < 1.29 is 14.6 Å². The van der Waals surface area contributed by atoms with Gasteiger partial charge in [-0.2, -0.15) is 0 Å². The van der Waals surface area contributed by atoms with Crippen molar-refractivity contribution in [3.05, 3.63) is 23.8 Å². The van der Waals surface area contributed by atoms with Gasteiger partial charge < -0.3 is 20.5 Å². The van der Waals surface area contributed by atoms with E-state index >= 15 is 0 Å². The third kappa shape index (κ3) is 3.61. The lowest BCUT2D eigenvalue weighted by atomic mass is 10.1. The summed E-state index contributed by atoms with van der Waals surface area (Å²) in [6.45, 7) is 3.62. The first kappa shape index (κ1) is 13.7. The van der Waals surface area contributed by atoms with Crippen LogP contribution in [-0.2, 0) is 11.3 Å². The summed E-state index contributed by atoms with van der Waals surface area (Å²) in [5.41, 5.74) is 0.808. The Morgan fingerprint density at radius 1 is 1.53 bits per heavy atom. The predicted molar refractivity (Wildman–Crippen MR) is 72.1 cm³/mol. The van der Waals surface area contributed by atoms with Crippen molar-refractivity contribution in [1.29, 1.82) is 0 Å². The van der Waals surface area contributed by atoms with E-state index in [0.717, 1.165) is 12.0 Å². The van der Waals surface area contributed by atoms with E-state index in [1.54, 1.807) is 6.07 Å². The molecule has 19 heavy (non-hydrogen) atoms. The molecule has 1 atom stereocenters. The maximum atomic E-state index is 11.1. The second-order valence-corrected chi connectivity index (χ2v) is 4.62. The van der Waals surface area contributed by atoms with Gasteiger partial charge in [-0.25, -0.2) is 0 Å². The van der Waals surface area contributed by atoms with Crippen molar-refractivity contribution in [2.75, 3.05) is 13.2 Å². The molecular formula is C14H20N2O3. The van der Waals surface area contributed by atoms with E-state index in [0.29, 0.717) is 31.9 Å². The molecule has 0 aromatic heterocycles. The predicted octanol–water partition coefficient (Wildman–Crippen LogP) is 1.16. The van der Waals surface area contributed by atoms with Gasteiger partial charge in [0.05, 0.1) is 6.61 Å². The Morgan fingerprint density at radius 2 is 2.37 bits per heavy atom. The molecule has 1 amide bonds. The van der Waals surface area contributed by atoms with Crippen LogP contribution in [0.3, 0.4) is 0 Å². The lowest BCUT2D eigenvalue weighted by Gasteiger charge is -2.23. The van der Waals surface area contributed by atoms with Crippen LogP contribution < -0.4 is 15.4 Å². The maximum absolute atomic E-state index is 11.1. The number of carbonyl (C=O) groups is 1. The summed E-state index contributed by atoms with van der Waals surface area (Å²) in [5.74, 6) is 0.815. The highest BCUT2D eigenvalue weighted by Crippen LogP contribution is 2.29. The van der Waals surface area contributed by atoms with Gasteiger partial charge in [0, 0.05) is 31.1 Å². The van der Waals surface area contributed by atoms with E-state index in [-0.39, 0.29) is 17.7 Å². The van der Waals surface area contributed by atoms with Crippen LogP contribution in [0, 0.1) is 0 Å². The average Bonchev–Trinajstić information content (AvgIpc) is 2.42. The van der Waals surface area contributed by atoms with E-state index in [9.17, 15) is 9.90 Å². The normalized spacial score (nSPS) is 19.0. The summed E-state index contributed by atoms with van der Waals surface area (Å²) in [4.78, 5) is 11.1. The molecule has 0 spiro atoms. The minimum absolute atomic E-state index is 0.110. The summed E-state index contributed by atoms with van der Waals surface area (Å²) in [6.07, 6.45) is 1.39. The van der Waals surface area contributed by atoms with Crippen molar-refractivity contribution in [3.63, 3.8) is 0 Å². The Balaban J connectivity index is 1.92. The van der Waals surface area contributed by atoms with Crippen LogP contribution in [0.5, 0.6) is 11.5 Å². The van der Waals surface area contributed by atoms with Crippen molar-refractivity contribution >= 4 is 5.91 Å². The van der Waals surface area contributed by atoms with Gasteiger partial charge in [0.2, 0.25) is 5.91 Å². The SMILES string of the molecule is CCOc1cccc(CNC2CCC(=O)NC2)c1O. The molecule has 1 heterocycles. The van der Waals surface area contributed by atoms with E-state index in [4.69, 9.17) is 4.74 Å². The molecule has 5 heteroatoms. The molecule has 0 bridgehead atoms. The summed E-state index contributed by atoms with van der Waals surface area (Å²) in [7, 11) is 0. The van der Waals surface area contributed by atoms with Crippen molar-refractivity contribution in [3.8, 4) is 11.5 Å². The number of piperidine rings is 1. The first-order valence-electron chi connectivity index (χ1n) is 6.64. The lowest BCUT2D eigenvalue weighted by molar-refractivity contribution is -0.122. The van der Waals surface area contributed by atoms with Gasteiger partial charge in [-0.05, 0) is 19.4 Å². The molecule has 1 aliphatic heterocycles. The second kappa shape index (κ2) is 6.43. The molecule has 0 saturated carbocycles. The molecule has 3 N–H and O–H groups in total. The van der Waals surface area contributed by atoms with Crippen molar-refractivity contribution in [2.24, 2.45) is 0 Å². The first-order chi connectivity index (χ1) is 9.20. The summed E-state index contributed by atoms with van der Waals surface area (Å²) >= 11 is 0. The van der Waals surface area contributed by atoms with E-state index in [1.165, 1.54) is 0 Å². The van der Waals surface area contributed by atoms with Crippen LogP contribution in [0.2, 0.25) is 0 Å². The van der Waals surface area contributed by atoms with Crippen molar-refractivity contribution in [1.82, 2.24) is 10.6 Å². The lowest BCUT2D eigenvalue weighted by Crippen LogP contribution is -2.45. The highest BCUT2D eigenvalue weighted by molar-refractivity contribution is 5.76. The fraction of sp³-hybridized carbons (Fsp3) is 0.500. The van der Waals surface area contributed by atoms with Gasteiger partial charge in [-0.15, -0.1) is 0 Å². The minimum atomic E-state index is 0.110. The highest BCUT2D eigenvalue weighted by atomic mass is 16.5. The quantitative estimate of drug-likeness (QED) is 0.746. The zero-order chi connectivity index (χ0) is 13.7. The molecule has 1 unspecified atom stereocenters. The third-order valence-electron chi connectivity index (χ3n) is 3.23. The number of rotatable bonds is 5. The molecule has 1 aromatic rings. The molecular weight excluding hydrogens is 244 g/mol. The van der Waals surface area contributed by atoms with Crippen LogP contribution in [0.25, 0.3) is 0 Å². The Morgan fingerprint density at radius 3 is 3.05 bits per heavy atom. The molecule has 0 aliphatic carbocycles. The Kier molecular flexibility index (Phi) is 4.63. The number of nitrogens with one attached hydrogen (secondary N) is 2. The van der Waals surface area contributed by atoms with Gasteiger partial charge in [-0.3, -0.25) is 4.79 Å². The molecule has 1 fully saturated rings. The fourth-order valence-corrected chi connectivity index (χ4v) is 2.14. The number of hydrogen-bond acceptors (Lipinski definition) is 4. The molecule has 1 aliphatic rings. The monoisotopic (exact) mass is 264 g/mol. The van der Waals surface area contributed by atoms with Crippen LogP contribution in [0.4, 0.5) is 0 Å². The molecule has 5 nitrogen and oxygen atoms in total. The van der Waals surface area contributed by atoms with E-state index in [2.05, 4.69) is 10.6 Å². The smallest absolute Gasteiger partial charge is 0.220 e. The summed E-state index contributed by atoms with van der Waals surface area (Å²) < 4.78 is 5.35. The zero-order valence-electron chi connectivity index (χ0n) is 11.1. The number of amides is 1. The van der Waals surface area contributed by atoms with Crippen LogP contribution in [-0.4, -0.2) is 30.2 Å². The largest absolute Gasteiger partial charge is 0.504 e. The van der Waals surface area contributed by atoms with Gasteiger partial charge in [0.15, 0.2) is 11.5 Å². The third-order valence-corrected chi connectivity index (χ3v) is 3.23. The highest BCUT2D eigenvalue weighted by Gasteiger charge is 2.17. The van der Waals surface area contributed by atoms with Crippen LogP contribution >= 0.6 is 0 Å². The van der Waals surface area contributed by atoms with Crippen molar-refractivity contribution in [2.45, 2.75) is 32.4 Å². The standard InChI is InChI=1S/C14H20N2O3/c1-2-19-12-5-3-4-10(14(12)18)8-15-11-6-7-13(17)16-9-11/h3-5,11,15,18H,2,6-9H2,1H3,(H,16,17). The Hall–Kier alpha value is -1.75. The number of hydrogen-bond donors (Lipinski definition) is 3. The average molecular weight is 264 g/mol. The number of phenols is 1. The minimum Gasteiger partial charge on any atom is -0.504 e. The van der Waals surface area contributed by atoms with Gasteiger partial charge in [0.1, 0.15) is 0 Å². The molecule has 104 valence electrons. The Labute approximate surface area is 113 Å². The van der Waals surface area contributed by atoms with Crippen LogP contribution in [0.15, 0.2) is 18.2 Å².